The summed E-state index contributed by atoms with van der Waals surface area (Å²) in [6.07, 6.45) is 0. The van der Waals surface area contributed by atoms with Gasteiger partial charge in [-0.1, -0.05) is 23.8 Å². The Morgan fingerprint density at radius 2 is 0.947 bits per heavy atom. The van der Waals surface area contributed by atoms with Crippen molar-refractivity contribution in [2.45, 2.75) is 34.6 Å². The normalized spacial score (nSPS) is 9.74. The zero-order valence-electron chi connectivity index (χ0n) is 12.5. The Morgan fingerprint density at radius 1 is 0.579 bits per heavy atom. The van der Waals surface area contributed by atoms with Crippen molar-refractivity contribution in [2.24, 2.45) is 0 Å². The summed E-state index contributed by atoms with van der Waals surface area (Å²) in [5.74, 6) is 0. The van der Waals surface area contributed by atoms with Crippen LogP contribution in [0.1, 0.15) is 27.8 Å². The Kier molecular flexibility index (Phi) is 4.99. The molecule has 102 valence electrons. The lowest BCUT2D eigenvalue weighted by Gasteiger charge is -2.04. The van der Waals surface area contributed by atoms with Gasteiger partial charge in [-0.25, -0.2) is 0 Å². The van der Waals surface area contributed by atoms with Gasteiger partial charge in [0.05, 0.1) is 0 Å². The van der Waals surface area contributed by atoms with Crippen molar-refractivity contribution in [1.29, 1.82) is 0 Å². The SMILES string of the molecule is Cc1cc(C)c(N)c(C)c1.Cc1cc(C)cc(N)c1. The molecule has 0 saturated carbocycles. The molecule has 0 bridgehead atoms. The summed E-state index contributed by atoms with van der Waals surface area (Å²) in [7, 11) is 0. The third-order valence-electron chi connectivity index (χ3n) is 2.98. The number of benzene rings is 2. The summed E-state index contributed by atoms with van der Waals surface area (Å²) in [6, 6.07) is 10.2. The highest BCUT2D eigenvalue weighted by Gasteiger charge is 1.96. The van der Waals surface area contributed by atoms with E-state index in [9.17, 15) is 0 Å². The second-order valence-electron chi connectivity index (χ2n) is 5.23. The van der Waals surface area contributed by atoms with Gasteiger partial charge in [0.25, 0.3) is 0 Å². The predicted octanol–water partition coefficient (Wildman–Crippen LogP) is 4.08. The van der Waals surface area contributed by atoms with E-state index in [-0.39, 0.29) is 0 Å². The van der Waals surface area contributed by atoms with E-state index >= 15 is 0 Å². The Bertz CT molecular complexity index is 498. The van der Waals surface area contributed by atoms with Gasteiger partial charge >= 0.3 is 0 Å². The van der Waals surface area contributed by atoms with Gasteiger partial charge in [0.1, 0.15) is 0 Å². The molecule has 0 aliphatic rings. The lowest BCUT2D eigenvalue weighted by molar-refractivity contribution is 1.33. The minimum Gasteiger partial charge on any atom is -0.399 e. The minimum atomic E-state index is 0.854. The van der Waals surface area contributed by atoms with Gasteiger partial charge in [0.2, 0.25) is 0 Å². The van der Waals surface area contributed by atoms with Crippen LogP contribution in [0.4, 0.5) is 11.4 Å². The largest absolute Gasteiger partial charge is 0.399 e. The topological polar surface area (TPSA) is 52.0 Å². The number of anilines is 2. The molecule has 0 fully saturated rings. The number of hydrogen-bond donors (Lipinski definition) is 2. The first-order valence-electron chi connectivity index (χ1n) is 6.46. The lowest BCUT2D eigenvalue weighted by Crippen LogP contribution is -1.93. The van der Waals surface area contributed by atoms with Crippen LogP contribution in [0.2, 0.25) is 0 Å². The van der Waals surface area contributed by atoms with Gasteiger partial charge in [-0.05, 0) is 69.0 Å². The van der Waals surface area contributed by atoms with Crippen LogP contribution in [0.15, 0.2) is 30.3 Å². The maximum atomic E-state index is 5.75. The van der Waals surface area contributed by atoms with Crippen LogP contribution in [0, 0.1) is 34.6 Å². The standard InChI is InChI=1S/C9H13N.C8H11N/c1-6-4-7(2)9(10)8(3)5-6;1-6-3-7(2)5-8(9)4-6/h4-5H,10H2,1-3H3;3-5H,9H2,1-2H3. The van der Waals surface area contributed by atoms with Crippen LogP contribution in [0.5, 0.6) is 0 Å². The molecule has 0 unspecified atom stereocenters. The van der Waals surface area contributed by atoms with E-state index in [2.05, 4.69) is 25.1 Å². The first-order valence-corrected chi connectivity index (χ1v) is 6.46. The summed E-state index contributed by atoms with van der Waals surface area (Å²) >= 11 is 0. The summed E-state index contributed by atoms with van der Waals surface area (Å²) in [6.45, 7) is 10.2. The number of hydrogen-bond acceptors (Lipinski definition) is 2. The fraction of sp³-hybridized carbons (Fsp3) is 0.294. The molecule has 0 saturated heterocycles. The second kappa shape index (κ2) is 6.28. The van der Waals surface area contributed by atoms with Crippen LogP contribution in [0.3, 0.4) is 0 Å². The Hall–Kier alpha value is -1.96. The molecule has 0 amide bonds. The van der Waals surface area contributed by atoms with Crippen molar-refractivity contribution in [1.82, 2.24) is 0 Å². The Morgan fingerprint density at radius 3 is 1.32 bits per heavy atom. The second-order valence-corrected chi connectivity index (χ2v) is 5.23. The van der Waals surface area contributed by atoms with Crippen LogP contribution >= 0.6 is 0 Å². The zero-order valence-corrected chi connectivity index (χ0v) is 12.5. The van der Waals surface area contributed by atoms with Gasteiger partial charge in [0.15, 0.2) is 0 Å². The molecule has 2 nitrogen and oxygen atoms in total. The molecule has 19 heavy (non-hydrogen) atoms. The predicted molar refractivity (Wildman–Crippen MR) is 85.4 cm³/mol. The Labute approximate surface area is 116 Å². The number of nitrogen functional groups attached to an aromatic ring is 2. The Balaban J connectivity index is 0.000000191. The molecular formula is C17H24N2. The van der Waals surface area contributed by atoms with E-state index < -0.39 is 0 Å². The van der Waals surface area contributed by atoms with E-state index in [0.717, 1.165) is 11.4 Å². The third-order valence-corrected chi connectivity index (χ3v) is 2.98. The van der Waals surface area contributed by atoms with E-state index in [1.54, 1.807) is 0 Å². The molecule has 0 heterocycles. The fourth-order valence-electron chi connectivity index (χ4n) is 2.20. The van der Waals surface area contributed by atoms with Gasteiger partial charge < -0.3 is 11.5 Å². The van der Waals surface area contributed by atoms with Crippen LogP contribution in [-0.4, -0.2) is 0 Å². The molecule has 4 N–H and O–H groups in total. The third kappa shape index (κ3) is 4.66. The highest BCUT2D eigenvalue weighted by molar-refractivity contribution is 5.54. The van der Waals surface area contributed by atoms with E-state index in [4.69, 9.17) is 11.5 Å². The van der Waals surface area contributed by atoms with Crippen molar-refractivity contribution in [3.63, 3.8) is 0 Å². The van der Waals surface area contributed by atoms with Crippen molar-refractivity contribution in [2.75, 3.05) is 11.5 Å². The highest BCUT2D eigenvalue weighted by Crippen LogP contribution is 2.17. The average molecular weight is 256 g/mol. The van der Waals surface area contributed by atoms with E-state index in [1.165, 1.54) is 27.8 Å². The molecule has 0 aliphatic heterocycles. The van der Waals surface area contributed by atoms with Crippen molar-refractivity contribution >= 4 is 11.4 Å². The molecule has 2 heteroatoms. The summed E-state index contributed by atoms with van der Waals surface area (Å²) in [5, 5.41) is 0. The smallest absolute Gasteiger partial charge is 0.0373 e. The van der Waals surface area contributed by atoms with Crippen LogP contribution < -0.4 is 11.5 Å². The number of aryl methyl sites for hydroxylation is 5. The molecule has 2 aromatic carbocycles. The van der Waals surface area contributed by atoms with Gasteiger partial charge in [-0.2, -0.15) is 0 Å². The monoisotopic (exact) mass is 256 g/mol. The first kappa shape index (κ1) is 15.1. The number of nitrogens with two attached hydrogens (primary N) is 2. The molecule has 0 atom stereocenters. The van der Waals surface area contributed by atoms with Crippen LogP contribution in [0.25, 0.3) is 0 Å². The molecule has 0 aliphatic carbocycles. The molecule has 0 spiro atoms. The van der Waals surface area contributed by atoms with Gasteiger partial charge in [-0.15, -0.1) is 0 Å². The maximum Gasteiger partial charge on any atom is 0.0373 e. The maximum absolute atomic E-state index is 5.75. The van der Waals surface area contributed by atoms with Crippen molar-refractivity contribution < 1.29 is 0 Å². The molecule has 2 rings (SSSR count). The molecular weight excluding hydrogens is 232 g/mol. The summed E-state index contributed by atoms with van der Waals surface area (Å²) in [5.41, 5.74) is 19.2. The lowest BCUT2D eigenvalue weighted by atomic mass is 10.1. The molecule has 2 aromatic rings. The van der Waals surface area contributed by atoms with E-state index in [0.29, 0.717) is 0 Å². The van der Waals surface area contributed by atoms with Crippen molar-refractivity contribution in [3.8, 4) is 0 Å². The average Bonchev–Trinajstić information content (AvgIpc) is 2.24. The van der Waals surface area contributed by atoms with Gasteiger partial charge in [0, 0.05) is 11.4 Å². The molecule has 0 radical (unpaired) electrons. The van der Waals surface area contributed by atoms with Gasteiger partial charge in [-0.3, -0.25) is 0 Å². The highest BCUT2D eigenvalue weighted by atomic mass is 14.6. The minimum absolute atomic E-state index is 0.854. The van der Waals surface area contributed by atoms with Crippen molar-refractivity contribution in [3.05, 3.63) is 58.1 Å². The summed E-state index contributed by atoms with van der Waals surface area (Å²) < 4.78 is 0. The zero-order chi connectivity index (χ0) is 14.6. The quantitative estimate of drug-likeness (QED) is 0.698. The number of rotatable bonds is 0. The fourth-order valence-corrected chi connectivity index (χ4v) is 2.20. The summed E-state index contributed by atoms with van der Waals surface area (Å²) in [4.78, 5) is 0. The molecule has 0 aromatic heterocycles. The first-order chi connectivity index (χ1) is 8.79. The van der Waals surface area contributed by atoms with Crippen LogP contribution in [-0.2, 0) is 0 Å². The van der Waals surface area contributed by atoms with E-state index in [1.807, 2.05) is 39.8 Å².